The number of hydrogen-bond acceptors (Lipinski definition) is 4. The van der Waals surface area contributed by atoms with Crippen molar-refractivity contribution in [3.05, 3.63) is 0 Å². The molecule has 0 aromatic rings. The zero-order valence-corrected chi connectivity index (χ0v) is 9.59. The van der Waals surface area contributed by atoms with Gasteiger partial charge in [-0.25, -0.2) is 0 Å². The normalized spacial score (nSPS) is 17.9. The van der Waals surface area contributed by atoms with Crippen LogP contribution in [-0.2, 0) is 18.4 Å². The minimum atomic E-state index is -3.47. The van der Waals surface area contributed by atoms with E-state index in [9.17, 15) is 9.36 Å². The molecule has 1 fully saturated rings. The molecule has 0 amide bonds. The summed E-state index contributed by atoms with van der Waals surface area (Å²) in [4.78, 5) is 11.7. The SMILES string of the molecule is CCOP(=O)(OCC)C(=O)C1CCC1. The van der Waals surface area contributed by atoms with E-state index in [2.05, 4.69) is 0 Å². The molecule has 0 atom stereocenters. The molecule has 0 N–H and O–H groups in total. The molecule has 4 nitrogen and oxygen atoms in total. The molecule has 1 aliphatic rings. The summed E-state index contributed by atoms with van der Waals surface area (Å²) < 4.78 is 21.9. The van der Waals surface area contributed by atoms with E-state index in [0.29, 0.717) is 0 Å². The number of hydrogen-bond donors (Lipinski definition) is 0. The molecule has 0 bridgehead atoms. The summed E-state index contributed by atoms with van der Waals surface area (Å²) in [6.45, 7) is 3.91. The van der Waals surface area contributed by atoms with Gasteiger partial charge in [-0.05, 0) is 26.7 Å². The standard InChI is InChI=1S/C9H17O4P/c1-3-12-14(11,13-4-2)9(10)8-6-5-7-8/h8H,3-7H2,1-2H3. The van der Waals surface area contributed by atoms with Crippen LogP contribution in [0.25, 0.3) is 0 Å². The third kappa shape index (κ3) is 2.44. The van der Waals surface area contributed by atoms with Crippen molar-refractivity contribution < 1.29 is 18.4 Å². The van der Waals surface area contributed by atoms with Crippen LogP contribution in [0.15, 0.2) is 0 Å². The Balaban J connectivity index is 2.64. The molecule has 14 heavy (non-hydrogen) atoms. The second-order valence-corrected chi connectivity index (χ2v) is 5.25. The van der Waals surface area contributed by atoms with Crippen LogP contribution in [0, 0.1) is 5.92 Å². The number of carbonyl (C=O) groups is 1. The predicted octanol–water partition coefficient (Wildman–Crippen LogP) is 2.58. The summed E-state index contributed by atoms with van der Waals surface area (Å²) in [6.07, 6.45) is 2.68. The lowest BCUT2D eigenvalue weighted by Gasteiger charge is -2.27. The van der Waals surface area contributed by atoms with E-state index < -0.39 is 7.60 Å². The summed E-state index contributed by atoms with van der Waals surface area (Å²) in [6, 6.07) is 0. The van der Waals surface area contributed by atoms with Crippen LogP contribution in [0.3, 0.4) is 0 Å². The van der Waals surface area contributed by atoms with Crippen LogP contribution in [0.4, 0.5) is 0 Å². The predicted molar refractivity (Wildman–Crippen MR) is 53.2 cm³/mol. The van der Waals surface area contributed by atoms with E-state index >= 15 is 0 Å². The second-order valence-electron chi connectivity index (χ2n) is 3.30. The van der Waals surface area contributed by atoms with E-state index in [-0.39, 0.29) is 24.7 Å². The van der Waals surface area contributed by atoms with E-state index in [1.165, 1.54) is 0 Å². The Hall–Kier alpha value is -0.180. The Morgan fingerprint density at radius 3 is 2.07 bits per heavy atom. The van der Waals surface area contributed by atoms with Gasteiger partial charge >= 0.3 is 7.60 Å². The fourth-order valence-electron chi connectivity index (χ4n) is 1.38. The van der Waals surface area contributed by atoms with E-state index in [1.54, 1.807) is 13.8 Å². The molecule has 5 heteroatoms. The van der Waals surface area contributed by atoms with Crippen LogP contribution >= 0.6 is 7.60 Å². The van der Waals surface area contributed by atoms with Crippen molar-refractivity contribution in [2.45, 2.75) is 33.1 Å². The lowest BCUT2D eigenvalue weighted by atomic mass is 9.87. The second kappa shape index (κ2) is 5.06. The zero-order valence-electron chi connectivity index (χ0n) is 8.69. The number of carbonyl (C=O) groups excluding carboxylic acids is 1. The van der Waals surface area contributed by atoms with Crippen LogP contribution in [0.5, 0.6) is 0 Å². The molecule has 1 saturated carbocycles. The molecule has 1 aliphatic carbocycles. The molecule has 1 rings (SSSR count). The molecule has 0 aliphatic heterocycles. The van der Waals surface area contributed by atoms with Crippen LogP contribution in [0.2, 0.25) is 0 Å². The summed E-state index contributed by atoms with van der Waals surface area (Å²) in [7, 11) is -3.47. The first kappa shape index (κ1) is 11.9. The Morgan fingerprint density at radius 2 is 1.79 bits per heavy atom. The Bertz CT molecular complexity index is 237. The maximum Gasteiger partial charge on any atom is 0.396 e. The average Bonchev–Trinajstić information content (AvgIpc) is 2.01. The third-order valence-electron chi connectivity index (χ3n) is 2.32. The average molecular weight is 220 g/mol. The van der Waals surface area contributed by atoms with Gasteiger partial charge in [-0.1, -0.05) is 6.42 Å². The molecule has 0 radical (unpaired) electrons. The molecular formula is C9H17O4P. The van der Waals surface area contributed by atoms with Crippen LogP contribution in [0.1, 0.15) is 33.1 Å². The maximum atomic E-state index is 12.0. The van der Waals surface area contributed by atoms with E-state index in [0.717, 1.165) is 19.3 Å². The van der Waals surface area contributed by atoms with Crippen molar-refractivity contribution in [3.63, 3.8) is 0 Å². The largest absolute Gasteiger partial charge is 0.396 e. The van der Waals surface area contributed by atoms with Gasteiger partial charge in [-0.2, -0.15) is 0 Å². The lowest BCUT2D eigenvalue weighted by molar-refractivity contribution is -0.119. The van der Waals surface area contributed by atoms with Crippen molar-refractivity contribution in [3.8, 4) is 0 Å². The van der Waals surface area contributed by atoms with Gasteiger partial charge in [0.15, 0.2) is 0 Å². The van der Waals surface area contributed by atoms with Crippen molar-refractivity contribution in [2.75, 3.05) is 13.2 Å². The third-order valence-corrected chi connectivity index (χ3v) is 4.42. The van der Waals surface area contributed by atoms with Gasteiger partial charge in [0, 0.05) is 5.92 Å². The van der Waals surface area contributed by atoms with E-state index in [4.69, 9.17) is 9.05 Å². The first-order valence-corrected chi connectivity index (χ1v) is 6.61. The van der Waals surface area contributed by atoms with Gasteiger partial charge in [-0.3, -0.25) is 9.36 Å². The molecule has 0 aromatic heterocycles. The minimum Gasteiger partial charge on any atom is -0.303 e. The zero-order chi connectivity index (χ0) is 10.6. The van der Waals surface area contributed by atoms with Crippen molar-refractivity contribution in [1.82, 2.24) is 0 Å². The Labute approximate surface area is 84.5 Å². The first-order chi connectivity index (χ1) is 6.64. The van der Waals surface area contributed by atoms with E-state index in [1.807, 2.05) is 0 Å². The highest BCUT2D eigenvalue weighted by Gasteiger charge is 2.41. The molecule has 82 valence electrons. The highest BCUT2D eigenvalue weighted by atomic mass is 31.2. The highest BCUT2D eigenvalue weighted by Crippen LogP contribution is 2.53. The van der Waals surface area contributed by atoms with Crippen LogP contribution < -0.4 is 0 Å². The summed E-state index contributed by atoms with van der Waals surface area (Å²) in [5, 5.41) is 0. The summed E-state index contributed by atoms with van der Waals surface area (Å²) in [5.41, 5.74) is -0.326. The molecular weight excluding hydrogens is 203 g/mol. The fourth-order valence-corrected chi connectivity index (χ4v) is 3.10. The highest BCUT2D eigenvalue weighted by molar-refractivity contribution is 7.71. The minimum absolute atomic E-state index is 0.0982. The molecule has 0 unspecified atom stereocenters. The maximum absolute atomic E-state index is 12.0. The van der Waals surface area contributed by atoms with Crippen molar-refractivity contribution in [2.24, 2.45) is 5.92 Å². The topological polar surface area (TPSA) is 52.6 Å². The van der Waals surface area contributed by atoms with Gasteiger partial charge in [0.2, 0.25) is 5.52 Å². The first-order valence-electron chi connectivity index (χ1n) is 5.07. The molecule has 0 saturated heterocycles. The van der Waals surface area contributed by atoms with Gasteiger partial charge in [0.25, 0.3) is 0 Å². The quantitative estimate of drug-likeness (QED) is 0.645. The van der Waals surface area contributed by atoms with Gasteiger partial charge in [0.05, 0.1) is 13.2 Å². The molecule has 0 spiro atoms. The Kier molecular flexibility index (Phi) is 4.30. The van der Waals surface area contributed by atoms with Gasteiger partial charge < -0.3 is 9.05 Å². The molecule has 0 aromatic carbocycles. The van der Waals surface area contributed by atoms with Gasteiger partial charge in [-0.15, -0.1) is 0 Å². The molecule has 0 heterocycles. The van der Waals surface area contributed by atoms with Crippen molar-refractivity contribution >= 4 is 13.1 Å². The summed E-state index contributed by atoms with van der Waals surface area (Å²) >= 11 is 0. The monoisotopic (exact) mass is 220 g/mol. The Morgan fingerprint density at radius 1 is 1.29 bits per heavy atom. The summed E-state index contributed by atoms with van der Waals surface area (Å²) in [5.74, 6) is -0.0982. The van der Waals surface area contributed by atoms with Crippen LogP contribution in [-0.4, -0.2) is 18.7 Å². The smallest absolute Gasteiger partial charge is 0.303 e. The fraction of sp³-hybridized carbons (Fsp3) is 0.889. The lowest BCUT2D eigenvalue weighted by Crippen LogP contribution is -2.23. The van der Waals surface area contributed by atoms with Crippen molar-refractivity contribution in [1.29, 1.82) is 0 Å². The number of rotatable bonds is 6. The van der Waals surface area contributed by atoms with Gasteiger partial charge in [0.1, 0.15) is 0 Å².